The first-order valence-corrected chi connectivity index (χ1v) is 7.09. The average molecular weight is 341 g/mol. The van der Waals surface area contributed by atoms with Crippen molar-refractivity contribution in [3.05, 3.63) is 34.3 Å². The van der Waals surface area contributed by atoms with Crippen molar-refractivity contribution in [1.29, 1.82) is 0 Å². The van der Waals surface area contributed by atoms with Crippen LogP contribution in [0, 0.1) is 11.8 Å². The predicted octanol–water partition coefficient (Wildman–Crippen LogP) is 3.43. The van der Waals surface area contributed by atoms with Gasteiger partial charge in [-0.25, -0.2) is 0 Å². The number of halogens is 5. The van der Waals surface area contributed by atoms with Crippen LogP contribution in [0.4, 0.5) is 13.2 Å². The lowest BCUT2D eigenvalue weighted by Crippen LogP contribution is -2.25. The van der Waals surface area contributed by atoms with Crippen LogP contribution in [0.5, 0.6) is 0 Å². The molecule has 1 aromatic rings. The minimum Gasteiger partial charge on any atom is -0.316 e. The number of rotatable bonds is 2. The molecule has 2 fully saturated rings. The van der Waals surface area contributed by atoms with Crippen LogP contribution in [0.1, 0.15) is 11.1 Å². The number of nitrogens with one attached hydrogen (secondary N) is 1. The second kappa shape index (κ2) is 6.32. The van der Waals surface area contributed by atoms with Crippen molar-refractivity contribution >= 4 is 24.0 Å². The second-order valence-corrected chi connectivity index (χ2v) is 6.15. The van der Waals surface area contributed by atoms with Gasteiger partial charge in [0.2, 0.25) is 0 Å². The molecule has 2 heterocycles. The highest BCUT2D eigenvalue weighted by Gasteiger charge is 2.36. The summed E-state index contributed by atoms with van der Waals surface area (Å²) >= 11 is 5.81. The summed E-state index contributed by atoms with van der Waals surface area (Å²) in [5.41, 5.74) is -0.0289. The second-order valence-electron chi connectivity index (χ2n) is 5.72. The SMILES string of the molecule is Cl.FC(F)(F)c1cc(Cl)cc(CN2C[C@H]3CNC[C@H]3C2)c1. The van der Waals surface area contributed by atoms with E-state index in [2.05, 4.69) is 10.2 Å². The monoisotopic (exact) mass is 340 g/mol. The number of benzene rings is 1. The quantitative estimate of drug-likeness (QED) is 0.887. The highest BCUT2D eigenvalue weighted by Crippen LogP contribution is 2.33. The lowest BCUT2D eigenvalue weighted by molar-refractivity contribution is -0.137. The Balaban J connectivity index is 0.00000161. The van der Waals surface area contributed by atoms with Crippen LogP contribution in [0.2, 0.25) is 5.02 Å². The topological polar surface area (TPSA) is 15.3 Å². The van der Waals surface area contributed by atoms with Crippen LogP contribution < -0.4 is 5.32 Å². The number of nitrogens with zero attached hydrogens (tertiary/aromatic N) is 1. The molecule has 0 aliphatic carbocycles. The number of hydrogen-bond acceptors (Lipinski definition) is 2. The van der Waals surface area contributed by atoms with Crippen molar-refractivity contribution in [3.63, 3.8) is 0 Å². The van der Waals surface area contributed by atoms with E-state index < -0.39 is 11.7 Å². The van der Waals surface area contributed by atoms with E-state index in [0.717, 1.165) is 32.2 Å². The van der Waals surface area contributed by atoms with E-state index in [0.29, 0.717) is 23.9 Å². The van der Waals surface area contributed by atoms with Crippen LogP contribution in [-0.4, -0.2) is 31.1 Å². The van der Waals surface area contributed by atoms with Crippen molar-refractivity contribution in [2.45, 2.75) is 12.7 Å². The van der Waals surface area contributed by atoms with Crippen molar-refractivity contribution in [2.24, 2.45) is 11.8 Å². The highest BCUT2D eigenvalue weighted by molar-refractivity contribution is 6.30. The van der Waals surface area contributed by atoms with Crippen molar-refractivity contribution in [1.82, 2.24) is 10.2 Å². The fourth-order valence-electron chi connectivity index (χ4n) is 3.25. The molecule has 0 saturated carbocycles. The lowest BCUT2D eigenvalue weighted by atomic mass is 10.0. The molecule has 2 saturated heterocycles. The van der Waals surface area contributed by atoms with Gasteiger partial charge in [0.05, 0.1) is 5.56 Å². The Morgan fingerprint density at radius 1 is 1.14 bits per heavy atom. The zero-order valence-corrected chi connectivity index (χ0v) is 12.9. The third-order valence-corrected chi connectivity index (χ3v) is 4.37. The standard InChI is InChI=1S/C14H16ClF3N2.ClH/c15-13-2-9(1-12(3-13)14(16,17)18)6-20-7-10-4-19-5-11(10)8-20;/h1-3,10-11,19H,4-8H2;1H/t10-,11+;. The third-order valence-electron chi connectivity index (χ3n) is 4.16. The van der Waals surface area contributed by atoms with E-state index in [-0.39, 0.29) is 17.4 Å². The van der Waals surface area contributed by atoms with Crippen LogP contribution in [0.15, 0.2) is 18.2 Å². The molecule has 1 aromatic carbocycles. The van der Waals surface area contributed by atoms with Gasteiger partial charge in [-0.3, -0.25) is 4.90 Å². The van der Waals surface area contributed by atoms with Gasteiger partial charge in [0.1, 0.15) is 0 Å². The molecule has 0 unspecified atom stereocenters. The number of hydrogen-bond donors (Lipinski definition) is 1. The minimum atomic E-state index is -4.34. The van der Waals surface area contributed by atoms with Gasteiger partial charge in [-0.15, -0.1) is 12.4 Å². The summed E-state index contributed by atoms with van der Waals surface area (Å²) in [7, 11) is 0. The van der Waals surface area contributed by atoms with Gasteiger partial charge in [0, 0.05) is 24.7 Å². The Morgan fingerprint density at radius 2 is 1.76 bits per heavy atom. The summed E-state index contributed by atoms with van der Waals surface area (Å²) in [5, 5.41) is 3.50. The van der Waals surface area contributed by atoms with E-state index in [9.17, 15) is 13.2 Å². The third kappa shape index (κ3) is 3.83. The molecule has 118 valence electrons. The van der Waals surface area contributed by atoms with Crippen molar-refractivity contribution in [2.75, 3.05) is 26.2 Å². The summed E-state index contributed by atoms with van der Waals surface area (Å²) in [6.07, 6.45) is -4.34. The summed E-state index contributed by atoms with van der Waals surface area (Å²) in [6.45, 7) is 4.47. The van der Waals surface area contributed by atoms with E-state index in [1.807, 2.05) is 0 Å². The Kier molecular flexibility index (Phi) is 5.08. The first kappa shape index (κ1) is 16.9. The fourth-order valence-corrected chi connectivity index (χ4v) is 3.50. The van der Waals surface area contributed by atoms with Crippen molar-refractivity contribution in [3.8, 4) is 0 Å². The van der Waals surface area contributed by atoms with Crippen LogP contribution in [0.3, 0.4) is 0 Å². The number of likely N-dealkylation sites (tertiary alicyclic amines) is 1. The molecule has 2 aliphatic heterocycles. The molecule has 0 spiro atoms. The first-order valence-electron chi connectivity index (χ1n) is 6.71. The van der Waals surface area contributed by atoms with Gasteiger partial charge < -0.3 is 5.32 Å². The maximum Gasteiger partial charge on any atom is 0.416 e. The zero-order valence-electron chi connectivity index (χ0n) is 11.3. The summed E-state index contributed by atoms with van der Waals surface area (Å²) in [5.74, 6) is 1.27. The van der Waals surface area contributed by atoms with Gasteiger partial charge in [-0.05, 0) is 48.7 Å². The maximum atomic E-state index is 12.8. The normalized spacial score (nSPS) is 25.7. The lowest BCUT2D eigenvalue weighted by Gasteiger charge is -2.18. The molecule has 0 bridgehead atoms. The highest BCUT2D eigenvalue weighted by atomic mass is 35.5. The molecule has 2 aliphatic rings. The van der Waals surface area contributed by atoms with E-state index in [1.165, 1.54) is 6.07 Å². The Hall–Kier alpha value is -0.490. The predicted molar refractivity (Wildman–Crippen MR) is 78.8 cm³/mol. The molecule has 0 aromatic heterocycles. The van der Waals surface area contributed by atoms with Crippen molar-refractivity contribution < 1.29 is 13.2 Å². The number of fused-ring (bicyclic) bond motifs is 1. The summed E-state index contributed by atoms with van der Waals surface area (Å²) in [4.78, 5) is 2.22. The first-order chi connectivity index (χ1) is 9.41. The van der Waals surface area contributed by atoms with Gasteiger partial charge in [0.15, 0.2) is 0 Å². The molecular weight excluding hydrogens is 324 g/mol. The zero-order chi connectivity index (χ0) is 14.3. The molecule has 21 heavy (non-hydrogen) atoms. The van der Waals surface area contributed by atoms with Gasteiger partial charge >= 0.3 is 6.18 Å². The van der Waals surface area contributed by atoms with E-state index >= 15 is 0 Å². The Morgan fingerprint density at radius 3 is 2.33 bits per heavy atom. The maximum absolute atomic E-state index is 12.8. The van der Waals surface area contributed by atoms with Gasteiger partial charge in [0.25, 0.3) is 0 Å². The smallest absolute Gasteiger partial charge is 0.316 e. The molecule has 3 rings (SSSR count). The number of alkyl halides is 3. The minimum absolute atomic E-state index is 0. The van der Waals surface area contributed by atoms with E-state index in [1.54, 1.807) is 6.07 Å². The average Bonchev–Trinajstić information content (AvgIpc) is 2.87. The molecule has 1 N–H and O–H groups in total. The van der Waals surface area contributed by atoms with Crippen LogP contribution in [-0.2, 0) is 12.7 Å². The molecule has 2 nitrogen and oxygen atoms in total. The molecule has 0 radical (unpaired) electrons. The molecular formula is C14H17Cl2F3N2. The van der Waals surface area contributed by atoms with Crippen LogP contribution in [0.25, 0.3) is 0 Å². The fraction of sp³-hybridized carbons (Fsp3) is 0.571. The Bertz CT molecular complexity index is 495. The molecule has 7 heteroatoms. The van der Waals surface area contributed by atoms with E-state index in [4.69, 9.17) is 11.6 Å². The summed E-state index contributed by atoms with van der Waals surface area (Å²) in [6, 6.07) is 3.81. The largest absolute Gasteiger partial charge is 0.416 e. The molecule has 0 amide bonds. The molecule has 2 atom stereocenters. The summed E-state index contributed by atoms with van der Waals surface area (Å²) < 4.78 is 38.3. The van der Waals surface area contributed by atoms with Crippen LogP contribution >= 0.6 is 24.0 Å². The Labute approximate surface area is 133 Å². The van der Waals surface area contributed by atoms with Gasteiger partial charge in [-0.2, -0.15) is 13.2 Å². The van der Waals surface area contributed by atoms with Gasteiger partial charge in [-0.1, -0.05) is 11.6 Å².